The van der Waals surface area contributed by atoms with Crippen LogP contribution in [0.15, 0.2) is 54.6 Å². The van der Waals surface area contributed by atoms with Crippen LogP contribution < -0.4 is 9.47 Å². The highest BCUT2D eigenvalue weighted by Gasteiger charge is 2.30. The van der Waals surface area contributed by atoms with Gasteiger partial charge in [-0.2, -0.15) is 0 Å². The molecular weight excluding hydrogens is 522 g/mol. The Morgan fingerprint density at radius 3 is 2.26 bits per heavy atom. The predicted molar refractivity (Wildman–Crippen MR) is 155 cm³/mol. The van der Waals surface area contributed by atoms with Crippen molar-refractivity contribution in [3.63, 3.8) is 0 Å². The first kappa shape index (κ1) is 28.5. The highest BCUT2D eigenvalue weighted by atomic mass is 35.5. The summed E-state index contributed by atoms with van der Waals surface area (Å²) in [4.78, 5) is 2.46. The van der Waals surface area contributed by atoms with Crippen LogP contribution in [-0.2, 0) is 9.84 Å². The molecule has 1 aliphatic carbocycles. The summed E-state index contributed by atoms with van der Waals surface area (Å²) in [6, 6.07) is 17.1. The van der Waals surface area contributed by atoms with Gasteiger partial charge in [0.1, 0.15) is 39.4 Å². The Balaban J connectivity index is 0.00000336. The van der Waals surface area contributed by atoms with Crippen LogP contribution >= 0.6 is 12.4 Å². The zero-order valence-electron chi connectivity index (χ0n) is 22.0. The van der Waals surface area contributed by atoms with Gasteiger partial charge in [0.05, 0.1) is 5.25 Å². The maximum atomic E-state index is 12.1. The fourth-order valence-electron chi connectivity index (χ4n) is 5.74. The van der Waals surface area contributed by atoms with Gasteiger partial charge >= 0.3 is 0 Å². The molecule has 1 aliphatic heterocycles. The number of fused-ring (bicyclic) bond motifs is 1. The molecule has 0 spiro atoms. The first-order chi connectivity index (χ1) is 17.9. The van der Waals surface area contributed by atoms with Crippen LogP contribution in [0.2, 0.25) is 0 Å². The van der Waals surface area contributed by atoms with Gasteiger partial charge < -0.3 is 14.6 Å². The van der Waals surface area contributed by atoms with Gasteiger partial charge in [-0.05, 0) is 111 Å². The molecule has 0 aromatic heterocycles. The van der Waals surface area contributed by atoms with E-state index in [0.717, 1.165) is 66.1 Å². The average Bonchev–Trinajstić information content (AvgIpc) is 2.90. The lowest BCUT2D eigenvalue weighted by molar-refractivity contribution is 0.183. The summed E-state index contributed by atoms with van der Waals surface area (Å²) in [7, 11) is -3.02. The lowest BCUT2D eigenvalue weighted by Gasteiger charge is -2.29. The number of hydrogen-bond acceptors (Lipinski definition) is 6. The highest BCUT2D eigenvalue weighted by molar-refractivity contribution is 7.91. The van der Waals surface area contributed by atoms with Crippen LogP contribution in [0.1, 0.15) is 56.4 Å². The molecule has 206 valence electrons. The molecule has 3 aromatic rings. The Morgan fingerprint density at radius 2 is 1.58 bits per heavy atom. The summed E-state index contributed by atoms with van der Waals surface area (Å²) in [6.07, 6.45) is 8.18. The van der Waals surface area contributed by atoms with Crippen molar-refractivity contribution < 1.29 is 23.0 Å². The van der Waals surface area contributed by atoms with E-state index in [2.05, 4.69) is 11.0 Å². The van der Waals surface area contributed by atoms with Gasteiger partial charge in [-0.3, -0.25) is 4.90 Å². The van der Waals surface area contributed by atoms with Crippen molar-refractivity contribution in [1.82, 2.24) is 4.90 Å². The number of sulfone groups is 1. The van der Waals surface area contributed by atoms with E-state index >= 15 is 0 Å². The number of hydrogen-bond donors (Lipinski definition) is 1. The maximum Gasteiger partial charge on any atom is 0.150 e. The van der Waals surface area contributed by atoms with Crippen molar-refractivity contribution in [2.45, 2.75) is 56.1 Å². The molecule has 1 saturated carbocycles. The number of benzene rings is 3. The van der Waals surface area contributed by atoms with E-state index in [1.165, 1.54) is 25.5 Å². The number of piperidine rings is 1. The van der Waals surface area contributed by atoms with E-state index in [1.807, 2.05) is 36.4 Å². The zero-order valence-corrected chi connectivity index (χ0v) is 23.6. The molecule has 6 nitrogen and oxygen atoms in total. The minimum absolute atomic E-state index is 0. The number of halogens is 1. The van der Waals surface area contributed by atoms with Gasteiger partial charge in [-0.1, -0.05) is 18.6 Å². The molecule has 0 atom stereocenters. The number of nitrogens with zero attached hydrogens (tertiary/aromatic N) is 1. The van der Waals surface area contributed by atoms with E-state index in [0.29, 0.717) is 19.4 Å². The van der Waals surface area contributed by atoms with Crippen molar-refractivity contribution in [1.29, 1.82) is 0 Å². The number of aromatic hydroxyl groups is 1. The van der Waals surface area contributed by atoms with Crippen molar-refractivity contribution in [3.8, 4) is 23.0 Å². The Kier molecular flexibility index (Phi) is 9.45. The summed E-state index contributed by atoms with van der Waals surface area (Å²) in [5, 5.41) is 11.6. The zero-order chi connectivity index (χ0) is 25.8. The van der Waals surface area contributed by atoms with Gasteiger partial charge in [0, 0.05) is 18.2 Å². The number of ether oxygens (including phenoxy) is 2. The van der Waals surface area contributed by atoms with Crippen molar-refractivity contribution in [2.24, 2.45) is 0 Å². The van der Waals surface area contributed by atoms with Crippen LogP contribution in [0.25, 0.3) is 10.8 Å². The molecule has 1 N–H and O–H groups in total. The minimum Gasteiger partial charge on any atom is -0.508 e. The number of likely N-dealkylation sites (tertiary alicyclic amines) is 1. The second-order valence-electron chi connectivity index (χ2n) is 10.5. The van der Waals surface area contributed by atoms with Gasteiger partial charge in [0.25, 0.3) is 0 Å². The topological polar surface area (TPSA) is 76.1 Å². The third-order valence-electron chi connectivity index (χ3n) is 7.87. The third kappa shape index (κ3) is 6.93. The molecule has 8 heteroatoms. The highest BCUT2D eigenvalue weighted by Crippen LogP contribution is 2.44. The fourth-order valence-corrected chi connectivity index (χ4v) is 6.87. The Bertz CT molecular complexity index is 1310. The molecule has 0 unspecified atom stereocenters. The normalized spacial score (nSPS) is 20.6. The largest absolute Gasteiger partial charge is 0.508 e. The lowest BCUT2D eigenvalue weighted by Crippen LogP contribution is -2.33. The second-order valence-corrected chi connectivity index (χ2v) is 12.8. The molecular formula is C30H38ClNO5S. The molecule has 5 rings (SSSR count). The fraction of sp³-hybridized carbons (Fsp3) is 0.467. The van der Waals surface area contributed by atoms with Gasteiger partial charge in [0.15, 0.2) is 0 Å². The molecule has 2 fully saturated rings. The summed E-state index contributed by atoms with van der Waals surface area (Å²) in [5.74, 6) is 2.76. The van der Waals surface area contributed by atoms with Crippen LogP contribution in [0, 0.1) is 0 Å². The standard InChI is InChI=1S/C30H37NO5S.ClH/c1-37(33,34)27-13-5-22(6-14-27)28-15-7-23-21-24(32)8-16-29(23)30(28)36-26-11-9-25(10-12-26)35-20-19-31-17-3-2-4-18-31;/h7-12,15-16,21-22,27,32H,2-6,13-14,17-20H2,1H3;1H. The van der Waals surface area contributed by atoms with E-state index in [-0.39, 0.29) is 29.3 Å². The van der Waals surface area contributed by atoms with Crippen LogP contribution in [-0.4, -0.2) is 56.2 Å². The van der Waals surface area contributed by atoms with E-state index in [4.69, 9.17) is 9.47 Å². The quantitative estimate of drug-likeness (QED) is 0.331. The third-order valence-corrected chi connectivity index (χ3v) is 9.55. The predicted octanol–water partition coefficient (Wildman–Crippen LogP) is 6.70. The first-order valence-corrected chi connectivity index (χ1v) is 15.4. The Morgan fingerprint density at radius 1 is 0.895 bits per heavy atom. The maximum absolute atomic E-state index is 12.1. The molecule has 38 heavy (non-hydrogen) atoms. The summed E-state index contributed by atoms with van der Waals surface area (Å²) >= 11 is 0. The number of phenolic OH excluding ortho intramolecular Hbond substituents is 1. The van der Waals surface area contributed by atoms with Crippen LogP contribution in [0.4, 0.5) is 0 Å². The number of phenols is 1. The molecule has 2 aliphatic rings. The van der Waals surface area contributed by atoms with Gasteiger partial charge in [-0.15, -0.1) is 12.4 Å². The van der Waals surface area contributed by atoms with Crippen molar-refractivity contribution in [3.05, 3.63) is 60.2 Å². The smallest absolute Gasteiger partial charge is 0.150 e. The van der Waals surface area contributed by atoms with Crippen LogP contribution in [0.5, 0.6) is 23.0 Å². The molecule has 1 saturated heterocycles. The molecule has 0 radical (unpaired) electrons. The van der Waals surface area contributed by atoms with Gasteiger partial charge in [0.2, 0.25) is 0 Å². The molecule has 0 bridgehead atoms. The average molecular weight is 560 g/mol. The van der Waals surface area contributed by atoms with Crippen molar-refractivity contribution in [2.75, 3.05) is 32.5 Å². The monoisotopic (exact) mass is 559 g/mol. The van der Waals surface area contributed by atoms with E-state index in [9.17, 15) is 13.5 Å². The van der Waals surface area contributed by atoms with Crippen molar-refractivity contribution >= 4 is 33.0 Å². The van der Waals surface area contributed by atoms with Crippen LogP contribution in [0.3, 0.4) is 0 Å². The Hall–Kier alpha value is -2.48. The van der Waals surface area contributed by atoms with E-state index in [1.54, 1.807) is 12.1 Å². The second kappa shape index (κ2) is 12.6. The SMILES string of the molecule is CS(=O)(=O)C1CCC(c2ccc3cc(O)ccc3c2Oc2ccc(OCCN3CCCCC3)cc2)CC1.Cl. The van der Waals surface area contributed by atoms with E-state index < -0.39 is 9.84 Å². The van der Waals surface area contributed by atoms with Gasteiger partial charge in [-0.25, -0.2) is 8.42 Å². The summed E-state index contributed by atoms with van der Waals surface area (Å²) in [6.45, 7) is 3.95. The summed E-state index contributed by atoms with van der Waals surface area (Å²) < 4.78 is 36.6. The molecule has 1 heterocycles. The summed E-state index contributed by atoms with van der Waals surface area (Å²) in [5.41, 5.74) is 1.09. The minimum atomic E-state index is -3.02. The Labute approximate surface area is 232 Å². The number of rotatable bonds is 8. The lowest BCUT2D eigenvalue weighted by atomic mass is 9.82. The first-order valence-electron chi connectivity index (χ1n) is 13.4. The molecule has 3 aromatic carbocycles. The molecule has 0 amide bonds.